The van der Waals surface area contributed by atoms with Crippen LogP contribution in [0.1, 0.15) is 78.1 Å². The fraction of sp³-hybridized carbons (Fsp3) is 0.625. The number of unbranched alkanes of at least 4 members (excludes halogenated alkanes) is 4. The molecule has 0 saturated carbocycles. The molecule has 272 valence electrons. The number of rotatable bonds is 26. The average molecular weight is 687 g/mol. The fourth-order valence-corrected chi connectivity index (χ4v) is 3.13. The number of hydrogen-bond acceptors (Lipinski definition) is 14. The summed E-state index contributed by atoms with van der Waals surface area (Å²) in [4.78, 5) is 88.6. The zero-order valence-electron chi connectivity index (χ0n) is 28.0. The van der Waals surface area contributed by atoms with Crippen LogP contribution in [0.4, 0.5) is 0 Å². The van der Waals surface area contributed by atoms with E-state index in [1.165, 1.54) is 6.92 Å². The Labute approximate surface area is 281 Å². The highest BCUT2D eigenvalue weighted by atomic mass is 16.6. The lowest BCUT2D eigenvalue weighted by molar-refractivity contribution is -0.150. The van der Waals surface area contributed by atoms with E-state index in [1.54, 1.807) is 6.92 Å². The van der Waals surface area contributed by atoms with Crippen LogP contribution in [0.3, 0.4) is 0 Å². The van der Waals surface area contributed by atoms with Gasteiger partial charge in [0, 0.05) is 51.4 Å². The van der Waals surface area contributed by atoms with Crippen molar-refractivity contribution >= 4 is 47.6 Å². The lowest BCUT2D eigenvalue weighted by atomic mass is 10.2. The number of hydrogen-bond donors (Lipinski definition) is 2. The van der Waals surface area contributed by atoms with Gasteiger partial charge in [-0.3, -0.25) is 28.8 Å². The van der Waals surface area contributed by atoms with Crippen molar-refractivity contribution in [1.29, 1.82) is 0 Å². The van der Waals surface area contributed by atoms with Crippen LogP contribution in [0, 0.1) is 0 Å². The van der Waals surface area contributed by atoms with Crippen molar-refractivity contribution in [3.8, 4) is 0 Å². The standard InChI is InChI=1S/C19H30N2O8.C13H20O6/c1-3-15(22)20-9-10-21-16(23)14-19(26)27-11-7-5-6-8-18(25)29-13-12-28-17(24)4-2;1-3-12(15)18-9-10-19-13(16)7-5-4-6-8-17-11(2)14/h4H,2-3,5-14H2,1H3,(H,20,22)(H,21,23);3H,1,4-10H2,2H3. The molecule has 2 amide bonds. The largest absolute Gasteiger partial charge is 0.466 e. The van der Waals surface area contributed by atoms with Gasteiger partial charge < -0.3 is 39.1 Å². The lowest BCUT2D eigenvalue weighted by Gasteiger charge is -2.07. The molecule has 0 heterocycles. The molecule has 0 fully saturated rings. The molecule has 0 aliphatic carbocycles. The van der Waals surface area contributed by atoms with Crippen LogP contribution in [0.25, 0.3) is 0 Å². The van der Waals surface area contributed by atoms with Gasteiger partial charge in [0.2, 0.25) is 11.8 Å². The Bertz CT molecular complexity index is 1030. The Morgan fingerprint density at radius 2 is 0.938 bits per heavy atom. The van der Waals surface area contributed by atoms with Crippen LogP contribution in [-0.4, -0.2) is 100 Å². The molecule has 0 aromatic heterocycles. The predicted molar refractivity (Wildman–Crippen MR) is 170 cm³/mol. The van der Waals surface area contributed by atoms with Gasteiger partial charge >= 0.3 is 35.8 Å². The zero-order chi connectivity index (χ0) is 36.4. The first-order valence-electron chi connectivity index (χ1n) is 15.7. The van der Waals surface area contributed by atoms with Crippen molar-refractivity contribution in [3.63, 3.8) is 0 Å². The van der Waals surface area contributed by atoms with Crippen LogP contribution in [0.15, 0.2) is 25.3 Å². The van der Waals surface area contributed by atoms with Crippen LogP contribution >= 0.6 is 0 Å². The first-order valence-corrected chi connectivity index (χ1v) is 15.7. The summed E-state index contributed by atoms with van der Waals surface area (Å²) in [5, 5.41) is 5.11. The zero-order valence-corrected chi connectivity index (χ0v) is 28.0. The van der Waals surface area contributed by atoms with Crippen LogP contribution in [0.5, 0.6) is 0 Å². The van der Waals surface area contributed by atoms with E-state index in [9.17, 15) is 38.4 Å². The molecule has 0 bridgehead atoms. The third-order valence-electron chi connectivity index (χ3n) is 5.53. The molecule has 16 nitrogen and oxygen atoms in total. The third-order valence-corrected chi connectivity index (χ3v) is 5.53. The van der Waals surface area contributed by atoms with Gasteiger partial charge in [-0.2, -0.15) is 0 Å². The maximum atomic E-state index is 11.5. The van der Waals surface area contributed by atoms with E-state index in [1.807, 2.05) is 0 Å². The van der Waals surface area contributed by atoms with Crippen LogP contribution in [0.2, 0.25) is 0 Å². The normalized spacial score (nSPS) is 9.71. The first kappa shape index (κ1) is 45.4. The second-order valence-corrected chi connectivity index (χ2v) is 9.60. The molecule has 0 radical (unpaired) electrons. The minimum atomic E-state index is -0.631. The monoisotopic (exact) mass is 686 g/mol. The van der Waals surface area contributed by atoms with Crippen molar-refractivity contribution in [2.75, 3.05) is 52.7 Å². The summed E-state index contributed by atoms with van der Waals surface area (Å²) in [6.07, 6.45) is 6.52. The quantitative estimate of drug-likeness (QED) is 0.0436. The van der Waals surface area contributed by atoms with Gasteiger partial charge in [0.15, 0.2) is 0 Å². The molecule has 0 spiro atoms. The molecule has 16 heteroatoms. The van der Waals surface area contributed by atoms with E-state index < -0.39 is 29.8 Å². The molecule has 0 rings (SSSR count). The molecule has 0 atom stereocenters. The van der Waals surface area contributed by atoms with E-state index in [4.69, 9.17) is 18.9 Å². The first-order chi connectivity index (χ1) is 22.9. The molecular formula is C32H50N2O14. The number of esters is 6. The predicted octanol–water partition coefficient (Wildman–Crippen LogP) is 1.78. The molecule has 0 aliphatic rings. The summed E-state index contributed by atoms with van der Waals surface area (Å²) in [7, 11) is 0. The number of carbonyl (C=O) groups excluding carboxylic acids is 8. The van der Waals surface area contributed by atoms with Crippen molar-refractivity contribution in [2.45, 2.75) is 78.1 Å². The van der Waals surface area contributed by atoms with Crippen molar-refractivity contribution in [3.05, 3.63) is 25.3 Å². The number of amides is 2. The highest BCUT2D eigenvalue weighted by Gasteiger charge is 2.10. The minimum absolute atomic E-state index is 0.0108. The smallest absolute Gasteiger partial charge is 0.330 e. The highest BCUT2D eigenvalue weighted by Crippen LogP contribution is 2.03. The Hall–Kier alpha value is -4.76. The number of ether oxygens (including phenoxy) is 6. The Morgan fingerprint density at radius 3 is 1.38 bits per heavy atom. The Kier molecular flexibility index (Phi) is 30.4. The van der Waals surface area contributed by atoms with Gasteiger partial charge in [-0.25, -0.2) is 9.59 Å². The summed E-state index contributed by atoms with van der Waals surface area (Å²) >= 11 is 0. The third kappa shape index (κ3) is 34.1. The second kappa shape index (κ2) is 32.2. The van der Waals surface area contributed by atoms with Crippen molar-refractivity contribution in [1.82, 2.24) is 10.6 Å². The van der Waals surface area contributed by atoms with Crippen molar-refractivity contribution in [2.24, 2.45) is 0 Å². The average Bonchev–Trinajstić information content (AvgIpc) is 3.06. The summed E-state index contributed by atoms with van der Waals surface area (Å²) in [5.74, 6) is -3.36. The fourth-order valence-electron chi connectivity index (χ4n) is 3.13. The van der Waals surface area contributed by atoms with E-state index in [2.05, 4.69) is 33.3 Å². The summed E-state index contributed by atoms with van der Waals surface area (Å²) in [5.41, 5.74) is 0. The molecule has 0 aromatic carbocycles. The van der Waals surface area contributed by atoms with Gasteiger partial charge in [0.05, 0.1) is 13.2 Å². The van der Waals surface area contributed by atoms with Gasteiger partial charge in [0.25, 0.3) is 0 Å². The van der Waals surface area contributed by atoms with Gasteiger partial charge in [0.1, 0.15) is 32.8 Å². The number of nitrogens with one attached hydrogen (secondary N) is 2. The van der Waals surface area contributed by atoms with E-state index in [0.29, 0.717) is 51.7 Å². The van der Waals surface area contributed by atoms with Crippen molar-refractivity contribution < 1.29 is 66.8 Å². The Morgan fingerprint density at radius 1 is 0.521 bits per heavy atom. The summed E-state index contributed by atoms with van der Waals surface area (Å²) in [6.45, 7) is 10.7. The molecule has 0 saturated heterocycles. The van der Waals surface area contributed by atoms with E-state index >= 15 is 0 Å². The summed E-state index contributed by atoms with van der Waals surface area (Å²) < 4.78 is 28.7. The molecule has 0 unspecified atom stereocenters. The minimum Gasteiger partial charge on any atom is -0.466 e. The maximum Gasteiger partial charge on any atom is 0.330 e. The maximum absolute atomic E-state index is 11.5. The lowest BCUT2D eigenvalue weighted by Crippen LogP contribution is -2.35. The van der Waals surface area contributed by atoms with E-state index in [-0.39, 0.29) is 70.3 Å². The van der Waals surface area contributed by atoms with Gasteiger partial charge in [-0.1, -0.05) is 20.1 Å². The molecule has 2 N–H and O–H groups in total. The SMILES string of the molecule is C=CC(=O)OCCOC(=O)CCCCCOC(=O)CC(=O)NCCNC(=O)CC.C=CC(=O)OCCOC(=O)CCCCCOC(C)=O. The molecule has 0 aromatic rings. The van der Waals surface area contributed by atoms with Crippen LogP contribution < -0.4 is 10.6 Å². The molecule has 48 heavy (non-hydrogen) atoms. The summed E-state index contributed by atoms with van der Waals surface area (Å²) in [6, 6.07) is 0. The molecular weight excluding hydrogens is 636 g/mol. The van der Waals surface area contributed by atoms with Gasteiger partial charge in [-0.15, -0.1) is 0 Å². The highest BCUT2D eigenvalue weighted by molar-refractivity contribution is 5.94. The number of carbonyl (C=O) groups is 8. The second-order valence-electron chi connectivity index (χ2n) is 9.60. The molecule has 0 aliphatic heterocycles. The van der Waals surface area contributed by atoms with E-state index in [0.717, 1.165) is 25.0 Å². The topological polar surface area (TPSA) is 216 Å². The van der Waals surface area contributed by atoms with Crippen LogP contribution in [-0.2, 0) is 66.8 Å². The Balaban J connectivity index is 0. The van der Waals surface area contributed by atoms with Gasteiger partial charge in [-0.05, 0) is 38.5 Å².